The van der Waals surface area contributed by atoms with Crippen LogP contribution in [-0.4, -0.2) is 41.3 Å². The SMILES string of the molecule is CCC1C(=O)NC(=O)CN1C(N)=NC1CCCCC1. The molecule has 2 amide bonds. The van der Waals surface area contributed by atoms with Gasteiger partial charge < -0.3 is 10.6 Å². The monoisotopic (exact) mass is 266 g/mol. The molecule has 1 saturated carbocycles. The molecule has 2 rings (SSSR count). The number of nitrogens with two attached hydrogens (primary N) is 1. The molecule has 0 spiro atoms. The molecular formula is C13H22N4O2. The van der Waals surface area contributed by atoms with Crippen LogP contribution in [0.25, 0.3) is 0 Å². The lowest BCUT2D eigenvalue weighted by atomic mass is 9.96. The highest BCUT2D eigenvalue weighted by atomic mass is 16.2. The van der Waals surface area contributed by atoms with Crippen LogP contribution in [0.1, 0.15) is 45.4 Å². The molecule has 106 valence electrons. The molecule has 0 aromatic heterocycles. The van der Waals surface area contributed by atoms with E-state index in [1.54, 1.807) is 4.90 Å². The van der Waals surface area contributed by atoms with Crippen molar-refractivity contribution in [3.05, 3.63) is 0 Å². The summed E-state index contributed by atoms with van der Waals surface area (Å²) in [7, 11) is 0. The lowest BCUT2D eigenvalue weighted by Crippen LogP contribution is -2.61. The summed E-state index contributed by atoms with van der Waals surface area (Å²) < 4.78 is 0. The minimum atomic E-state index is -0.384. The summed E-state index contributed by atoms with van der Waals surface area (Å²) in [5.74, 6) is -0.251. The third kappa shape index (κ3) is 3.24. The highest BCUT2D eigenvalue weighted by Gasteiger charge is 2.33. The van der Waals surface area contributed by atoms with Crippen molar-refractivity contribution in [3.63, 3.8) is 0 Å². The number of rotatable bonds is 2. The predicted molar refractivity (Wildman–Crippen MR) is 72.4 cm³/mol. The molecule has 3 N–H and O–H groups in total. The lowest BCUT2D eigenvalue weighted by molar-refractivity contribution is -0.137. The van der Waals surface area contributed by atoms with Crippen molar-refractivity contribution < 1.29 is 9.59 Å². The van der Waals surface area contributed by atoms with E-state index in [4.69, 9.17) is 5.73 Å². The van der Waals surface area contributed by atoms with Gasteiger partial charge in [0.15, 0.2) is 5.96 Å². The Labute approximate surface area is 113 Å². The quantitative estimate of drug-likeness (QED) is 0.429. The predicted octanol–water partition coefficient (Wildman–Crippen LogP) is 0.371. The van der Waals surface area contributed by atoms with Crippen molar-refractivity contribution in [2.24, 2.45) is 10.7 Å². The van der Waals surface area contributed by atoms with E-state index in [9.17, 15) is 9.59 Å². The Morgan fingerprint density at radius 2 is 2.05 bits per heavy atom. The normalized spacial score (nSPS) is 26.5. The van der Waals surface area contributed by atoms with Gasteiger partial charge in [0, 0.05) is 0 Å². The first kappa shape index (κ1) is 13.8. The van der Waals surface area contributed by atoms with Crippen molar-refractivity contribution in [3.8, 4) is 0 Å². The molecule has 0 aromatic rings. The molecular weight excluding hydrogens is 244 g/mol. The standard InChI is InChI=1S/C13H22N4O2/c1-2-10-12(19)16-11(18)8-17(10)13(14)15-9-6-4-3-5-7-9/h9-10H,2-8H2,1H3,(H2,14,15)(H,16,18,19). The van der Waals surface area contributed by atoms with Crippen molar-refractivity contribution in [2.75, 3.05) is 6.54 Å². The molecule has 0 aromatic carbocycles. The van der Waals surface area contributed by atoms with Crippen LogP contribution in [0.15, 0.2) is 4.99 Å². The molecule has 1 saturated heterocycles. The zero-order valence-electron chi connectivity index (χ0n) is 11.4. The molecule has 1 aliphatic heterocycles. The smallest absolute Gasteiger partial charge is 0.249 e. The minimum Gasteiger partial charge on any atom is -0.370 e. The largest absolute Gasteiger partial charge is 0.370 e. The number of nitrogens with zero attached hydrogens (tertiary/aromatic N) is 2. The van der Waals surface area contributed by atoms with E-state index in [2.05, 4.69) is 10.3 Å². The highest BCUT2D eigenvalue weighted by Crippen LogP contribution is 2.21. The van der Waals surface area contributed by atoms with Crippen LogP contribution >= 0.6 is 0 Å². The first-order chi connectivity index (χ1) is 9.11. The first-order valence-electron chi connectivity index (χ1n) is 7.05. The Morgan fingerprint density at radius 3 is 2.68 bits per heavy atom. The first-order valence-corrected chi connectivity index (χ1v) is 7.05. The van der Waals surface area contributed by atoms with Crippen LogP contribution in [-0.2, 0) is 9.59 Å². The highest BCUT2D eigenvalue weighted by molar-refractivity contribution is 6.04. The zero-order chi connectivity index (χ0) is 13.8. The van der Waals surface area contributed by atoms with Gasteiger partial charge in [0.25, 0.3) is 0 Å². The van der Waals surface area contributed by atoms with Crippen LogP contribution in [0.5, 0.6) is 0 Å². The van der Waals surface area contributed by atoms with E-state index >= 15 is 0 Å². The number of aliphatic imine (C=N–C) groups is 1. The van der Waals surface area contributed by atoms with Crippen LogP contribution in [0.3, 0.4) is 0 Å². The maximum atomic E-state index is 11.8. The van der Waals surface area contributed by atoms with Gasteiger partial charge in [-0.3, -0.25) is 14.9 Å². The summed E-state index contributed by atoms with van der Waals surface area (Å²) in [5, 5.41) is 2.34. The molecule has 1 aliphatic carbocycles. The Morgan fingerprint density at radius 1 is 1.37 bits per heavy atom. The van der Waals surface area contributed by atoms with Crippen LogP contribution in [0, 0.1) is 0 Å². The number of hydrogen-bond donors (Lipinski definition) is 2. The maximum absolute atomic E-state index is 11.8. The molecule has 1 heterocycles. The van der Waals surface area contributed by atoms with Crippen LogP contribution in [0.2, 0.25) is 0 Å². The van der Waals surface area contributed by atoms with E-state index in [0.717, 1.165) is 12.8 Å². The Kier molecular flexibility index (Phi) is 4.39. The molecule has 1 unspecified atom stereocenters. The summed E-state index contributed by atoms with van der Waals surface area (Å²) in [6.45, 7) is 2.02. The number of piperazine rings is 1. The van der Waals surface area contributed by atoms with Crippen LogP contribution < -0.4 is 11.1 Å². The van der Waals surface area contributed by atoms with E-state index in [1.807, 2.05) is 6.92 Å². The second-order valence-electron chi connectivity index (χ2n) is 5.24. The lowest BCUT2D eigenvalue weighted by Gasteiger charge is -2.34. The summed E-state index contributed by atoms with van der Waals surface area (Å²) >= 11 is 0. The third-order valence-corrected chi connectivity index (χ3v) is 3.83. The second-order valence-corrected chi connectivity index (χ2v) is 5.24. The van der Waals surface area contributed by atoms with Gasteiger partial charge in [-0.05, 0) is 19.3 Å². The molecule has 2 fully saturated rings. The zero-order valence-corrected chi connectivity index (χ0v) is 11.4. The van der Waals surface area contributed by atoms with Crippen molar-refractivity contribution in [1.29, 1.82) is 0 Å². The Balaban J connectivity index is 2.10. The number of guanidine groups is 1. The number of amides is 2. The Bertz CT molecular complexity index is 388. The van der Waals surface area contributed by atoms with Gasteiger partial charge in [-0.25, -0.2) is 4.99 Å². The number of carbonyl (C=O) groups excluding carboxylic acids is 2. The van der Waals surface area contributed by atoms with Gasteiger partial charge in [-0.15, -0.1) is 0 Å². The number of carbonyl (C=O) groups is 2. The molecule has 0 radical (unpaired) electrons. The van der Waals surface area contributed by atoms with Crippen molar-refractivity contribution >= 4 is 17.8 Å². The van der Waals surface area contributed by atoms with Gasteiger partial charge in [0.1, 0.15) is 12.6 Å². The fourth-order valence-corrected chi connectivity index (χ4v) is 2.78. The number of nitrogens with one attached hydrogen (secondary N) is 1. The molecule has 1 atom stereocenters. The van der Waals surface area contributed by atoms with Gasteiger partial charge in [-0.2, -0.15) is 0 Å². The van der Waals surface area contributed by atoms with Gasteiger partial charge in [0.2, 0.25) is 11.8 Å². The Hall–Kier alpha value is -1.59. The average Bonchev–Trinajstić information content (AvgIpc) is 2.39. The van der Waals surface area contributed by atoms with E-state index in [-0.39, 0.29) is 30.4 Å². The topological polar surface area (TPSA) is 87.8 Å². The summed E-state index contributed by atoms with van der Waals surface area (Å²) in [5.41, 5.74) is 6.01. The number of hydrogen-bond acceptors (Lipinski definition) is 3. The summed E-state index contributed by atoms with van der Waals surface area (Å²) in [6, 6.07) is -0.142. The van der Waals surface area contributed by atoms with E-state index < -0.39 is 0 Å². The molecule has 6 nitrogen and oxygen atoms in total. The molecule has 0 bridgehead atoms. The summed E-state index contributed by atoms with van der Waals surface area (Å²) in [6.07, 6.45) is 6.32. The van der Waals surface area contributed by atoms with Gasteiger partial charge in [-0.1, -0.05) is 26.2 Å². The fraction of sp³-hybridized carbons (Fsp3) is 0.769. The molecule has 6 heteroatoms. The van der Waals surface area contributed by atoms with E-state index in [1.165, 1.54) is 19.3 Å². The average molecular weight is 266 g/mol. The fourth-order valence-electron chi connectivity index (χ4n) is 2.78. The summed E-state index contributed by atoms with van der Waals surface area (Å²) in [4.78, 5) is 29.4. The third-order valence-electron chi connectivity index (χ3n) is 3.83. The van der Waals surface area contributed by atoms with Crippen LogP contribution in [0.4, 0.5) is 0 Å². The minimum absolute atomic E-state index is 0.117. The van der Waals surface area contributed by atoms with Crippen molar-refractivity contribution in [1.82, 2.24) is 10.2 Å². The maximum Gasteiger partial charge on any atom is 0.249 e. The molecule has 2 aliphatic rings. The van der Waals surface area contributed by atoms with E-state index in [0.29, 0.717) is 12.4 Å². The second kappa shape index (κ2) is 6.04. The van der Waals surface area contributed by atoms with Crippen molar-refractivity contribution in [2.45, 2.75) is 57.5 Å². The van der Waals surface area contributed by atoms with Gasteiger partial charge >= 0.3 is 0 Å². The number of imide groups is 1. The molecule has 19 heavy (non-hydrogen) atoms. The van der Waals surface area contributed by atoms with Gasteiger partial charge in [0.05, 0.1) is 6.04 Å².